The first-order valence-electron chi connectivity index (χ1n) is 7.27. The summed E-state index contributed by atoms with van der Waals surface area (Å²) < 4.78 is 5.93. The van der Waals surface area contributed by atoms with E-state index in [9.17, 15) is 4.79 Å². The first-order valence-corrected chi connectivity index (χ1v) is 7.27. The van der Waals surface area contributed by atoms with Gasteiger partial charge >= 0.3 is 6.09 Å². The van der Waals surface area contributed by atoms with Crippen LogP contribution in [0.25, 0.3) is 0 Å². The van der Waals surface area contributed by atoms with Crippen LogP contribution in [-0.4, -0.2) is 24.7 Å². The van der Waals surface area contributed by atoms with Crippen LogP contribution in [0.4, 0.5) is 10.5 Å². The van der Waals surface area contributed by atoms with Crippen molar-refractivity contribution in [2.45, 2.75) is 44.8 Å². The maximum atomic E-state index is 12.6. The third-order valence-corrected chi connectivity index (χ3v) is 4.18. The fourth-order valence-electron chi connectivity index (χ4n) is 3.26. The van der Waals surface area contributed by atoms with Crippen molar-refractivity contribution >= 4 is 11.8 Å². The lowest BCUT2D eigenvalue weighted by atomic mass is 9.82. The summed E-state index contributed by atoms with van der Waals surface area (Å²) in [6.45, 7) is 7.87. The van der Waals surface area contributed by atoms with E-state index in [4.69, 9.17) is 4.74 Å². The van der Waals surface area contributed by atoms with Crippen LogP contribution in [0.2, 0.25) is 0 Å². The van der Waals surface area contributed by atoms with E-state index in [0.717, 1.165) is 37.2 Å². The van der Waals surface area contributed by atoms with Gasteiger partial charge in [0, 0.05) is 23.9 Å². The number of amides is 1. The highest BCUT2D eigenvalue weighted by Gasteiger charge is 2.47. The molecule has 1 fully saturated rings. The molecular formula is C16H22N2O2. The Morgan fingerprint density at radius 3 is 2.50 bits per heavy atom. The van der Waals surface area contributed by atoms with Gasteiger partial charge in [0.15, 0.2) is 0 Å². The topological polar surface area (TPSA) is 41.6 Å². The number of nitrogens with zero attached hydrogens (tertiary/aromatic N) is 1. The van der Waals surface area contributed by atoms with E-state index in [0.29, 0.717) is 0 Å². The summed E-state index contributed by atoms with van der Waals surface area (Å²) in [5.41, 5.74) is 1.41. The molecule has 2 aliphatic heterocycles. The van der Waals surface area contributed by atoms with Crippen molar-refractivity contribution < 1.29 is 9.53 Å². The molecule has 1 saturated heterocycles. The number of carbonyl (C=O) groups excluding carboxylic acids is 1. The molecule has 2 aliphatic rings. The van der Waals surface area contributed by atoms with Crippen LogP contribution in [-0.2, 0) is 10.3 Å². The summed E-state index contributed by atoms with van der Waals surface area (Å²) in [5, 5.41) is 3.34. The molecule has 0 aromatic heterocycles. The molecule has 4 heteroatoms. The predicted octanol–water partition coefficient (Wildman–Crippen LogP) is 3.02. The van der Waals surface area contributed by atoms with Gasteiger partial charge in [-0.1, -0.05) is 18.2 Å². The molecular weight excluding hydrogens is 252 g/mol. The number of hydrogen-bond acceptors (Lipinski definition) is 3. The summed E-state index contributed by atoms with van der Waals surface area (Å²) in [7, 11) is 0. The summed E-state index contributed by atoms with van der Waals surface area (Å²) in [6, 6.07) is 8.16. The Morgan fingerprint density at radius 1 is 1.20 bits per heavy atom. The molecule has 0 saturated carbocycles. The van der Waals surface area contributed by atoms with Gasteiger partial charge in [0.2, 0.25) is 0 Å². The van der Waals surface area contributed by atoms with E-state index in [1.165, 1.54) is 0 Å². The number of hydrogen-bond donors (Lipinski definition) is 1. The number of carbonyl (C=O) groups is 1. The predicted molar refractivity (Wildman–Crippen MR) is 78.9 cm³/mol. The number of piperidine rings is 1. The quantitative estimate of drug-likeness (QED) is 0.790. The zero-order chi connectivity index (χ0) is 14.4. The van der Waals surface area contributed by atoms with Crippen LogP contribution in [0.5, 0.6) is 0 Å². The van der Waals surface area contributed by atoms with Crippen molar-refractivity contribution in [2.24, 2.45) is 0 Å². The minimum absolute atomic E-state index is 0.224. The molecule has 20 heavy (non-hydrogen) atoms. The molecule has 1 N–H and O–H groups in total. The maximum Gasteiger partial charge on any atom is 0.415 e. The van der Waals surface area contributed by atoms with Gasteiger partial charge in [-0.15, -0.1) is 0 Å². The van der Waals surface area contributed by atoms with Gasteiger partial charge in [-0.2, -0.15) is 0 Å². The Bertz CT molecular complexity index is 528. The highest BCUT2D eigenvalue weighted by Crippen LogP contribution is 2.46. The summed E-state index contributed by atoms with van der Waals surface area (Å²) in [6.07, 6.45) is 1.46. The number of anilines is 1. The maximum absolute atomic E-state index is 12.6. The second-order valence-electron chi connectivity index (χ2n) is 6.64. The number of rotatable bonds is 0. The molecule has 0 aliphatic carbocycles. The van der Waals surface area contributed by atoms with E-state index in [-0.39, 0.29) is 11.6 Å². The number of ether oxygens (including phenoxy) is 1. The van der Waals surface area contributed by atoms with Crippen molar-refractivity contribution in [3.63, 3.8) is 0 Å². The number of para-hydroxylation sites is 1. The Hall–Kier alpha value is -1.55. The summed E-state index contributed by atoms with van der Waals surface area (Å²) in [4.78, 5) is 14.3. The molecule has 2 heterocycles. The average molecular weight is 274 g/mol. The minimum Gasteiger partial charge on any atom is -0.437 e. The van der Waals surface area contributed by atoms with Crippen LogP contribution >= 0.6 is 0 Å². The van der Waals surface area contributed by atoms with E-state index in [2.05, 4.69) is 11.4 Å². The monoisotopic (exact) mass is 274 g/mol. The Balaban J connectivity index is 2.13. The van der Waals surface area contributed by atoms with Crippen LogP contribution in [0.1, 0.15) is 39.2 Å². The minimum atomic E-state index is -0.444. The smallest absolute Gasteiger partial charge is 0.415 e. The van der Waals surface area contributed by atoms with Gasteiger partial charge in [0.1, 0.15) is 5.60 Å². The first kappa shape index (κ1) is 13.4. The Morgan fingerprint density at radius 2 is 1.85 bits per heavy atom. The van der Waals surface area contributed by atoms with Crippen molar-refractivity contribution in [2.75, 3.05) is 18.0 Å². The average Bonchev–Trinajstić information content (AvgIpc) is 2.38. The van der Waals surface area contributed by atoms with E-state index in [1.54, 1.807) is 4.90 Å². The highest BCUT2D eigenvalue weighted by molar-refractivity contribution is 5.93. The molecule has 4 nitrogen and oxygen atoms in total. The largest absolute Gasteiger partial charge is 0.437 e. The number of benzene rings is 1. The summed E-state index contributed by atoms with van der Waals surface area (Å²) >= 11 is 0. The first-order chi connectivity index (χ1) is 9.44. The van der Waals surface area contributed by atoms with Gasteiger partial charge in [-0.25, -0.2) is 4.79 Å². The zero-order valence-electron chi connectivity index (χ0n) is 12.4. The molecule has 0 atom stereocenters. The molecule has 0 bridgehead atoms. The van der Waals surface area contributed by atoms with Gasteiger partial charge in [-0.3, -0.25) is 4.90 Å². The van der Waals surface area contributed by atoms with E-state index >= 15 is 0 Å². The fraction of sp³-hybridized carbons (Fsp3) is 0.562. The van der Waals surface area contributed by atoms with Gasteiger partial charge in [-0.05, 0) is 39.9 Å². The van der Waals surface area contributed by atoms with Gasteiger partial charge in [0.25, 0.3) is 0 Å². The Kier molecular flexibility index (Phi) is 3.01. The lowest BCUT2D eigenvalue weighted by molar-refractivity contribution is -0.0202. The second-order valence-corrected chi connectivity index (χ2v) is 6.64. The van der Waals surface area contributed by atoms with Crippen LogP contribution < -0.4 is 10.2 Å². The van der Waals surface area contributed by atoms with Crippen molar-refractivity contribution in [3.05, 3.63) is 29.8 Å². The SMILES string of the molecule is CC(C)(C)N1C(=O)OC2(CCNCC2)c2ccccc21. The molecule has 3 rings (SSSR count). The van der Waals surface area contributed by atoms with Crippen molar-refractivity contribution in [1.29, 1.82) is 0 Å². The Labute approximate surface area is 120 Å². The molecule has 1 spiro atoms. The van der Waals surface area contributed by atoms with Crippen LogP contribution in [0.3, 0.4) is 0 Å². The van der Waals surface area contributed by atoms with Crippen molar-refractivity contribution in [1.82, 2.24) is 5.32 Å². The lowest BCUT2D eigenvalue weighted by Gasteiger charge is -2.48. The van der Waals surface area contributed by atoms with Crippen molar-refractivity contribution in [3.8, 4) is 0 Å². The van der Waals surface area contributed by atoms with Gasteiger partial charge in [0.05, 0.1) is 5.69 Å². The van der Waals surface area contributed by atoms with Crippen LogP contribution in [0, 0.1) is 0 Å². The van der Waals surface area contributed by atoms with E-state index in [1.807, 2.05) is 39.0 Å². The van der Waals surface area contributed by atoms with Crippen LogP contribution in [0.15, 0.2) is 24.3 Å². The van der Waals surface area contributed by atoms with E-state index < -0.39 is 5.60 Å². The molecule has 108 valence electrons. The number of nitrogens with one attached hydrogen (secondary N) is 1. The fourth-order valence-corrected chi connectivity index (χ4v) is 3.26. The normalized spacial score (nSPS) is 21.6. The summed E-state index contributed by atoms with van der Waals surface area (Å²) in [5.74, 6) is 0. The molecule has 1 amide bonds. The second kappa shape index (κ2) is 4.48. The zero-order valence-corrected chi connectivity index (χ0v) is 12.4. The molecule has 1 aromatic carbocycles. The lowest BCUT2D eigenvalue weighted by Crippen LogP contribution is -2.55. The standard InChI is InChI=1S/C16H22N2O2/c1-15(2,3)18-13-7-5-4-6-12(13)16(20-14(18)19)8-10-17-11-9-16/h4-7,17H,8-11H2,1-3H3. The third-order valence-electron chi connectivity index (χ3n) is 4.18. The molecule has 1 aromatic rings. The number of fused-ring (bicyclic) bond motifs is 2. The third kappa shape index (κ3) is 1.99. The highest BCUT2D eigenvalue weighted by atomic mass is 16.6. The molecule has 0 radical (unpaired) electrons. The molecule has 0 unspecified atom stereocenters. The van der Waals surface area contributed by atoms with Gasteiger partial charge < -0.3 is 10.1 Å².